The van der Waals surface area contributed by atoms with E-state index in [0.717, 1.165) is 43.2 Å². The molecule has 1 aliphatic rings. The molecule has 0 atom stereocenters. The third-order valence-corrected chi connectivity index (χ3v) is 4.66. The molecule has 0 aliphatic carbocycles. The number of hydrogen-bond acceptors (Lipinski definition) is 4. The van der Waals surface area contributed by atoms with Crippen molar-refractivity contribution in [3.63, 3.8) is 0 Å². The molecule has 0 unspecified atom stereocenters. The van der Waals surface area contributed by atoms with E-state index >= 15 is 0 Å². The quantitative estimate of drug-likeness (QED) is 0.925. The molecule has 6 heteroatoms. The van der Waals surface area contributed by atoms with Gasteiger partial charge in [-0.25, -0.2) is 4.98 Å². The van der Waals surface area contributed by atoms with Crippen LogP contribution in [-0.4, -0.2) is 42.0 Å². The molecule has 3 rings (SSSR count). The number of rotatable bonds is 2. The number of carbonyl (C=O) groups is 1. The molecule has 1 aromatic heterocycles. The average Bonchev–Trinajstić information content (AvgIpc) is 2.82. The predicted molar refractivity (Wildman–Crippen MR) is 86.0 cm³/mol. The van der Waals surface area contributed by atoms with Crippen molar-refractivity contribution in [2.24, 2.45) is 0 Å². The molecule has 1 aromatic carbocycles. The van der Waals surface area contributed by atoms with Gasteiger partial charge in [-0.3, -0.25) is 4.79 Å². The van der Waals surface area contributed by atoms with Gasteiger partial charge in [-0.1, -0.05) is 29.8 Å². The second-order valence-electron chi connectivity index (χ2n) is 4.91. The van der Waals surface area contributed by atoms with Gasteiger partial charge in [-0.15, -0.1) is 11.3 Å². The van der Waals surface area contributed by atoms with E-state index in [2.05, 4.69) is 10.3 Å². The van der Waals surface area contributed by atoms with E-state index in [1.54, 1.807) is 0 Å². The van der Waals surface area contributed by atoms with E-state index in [-0.39, 0.29) is 5.91 Å². The number of nitrogens with zero attached hydrogens (tertiary/aromatic N) is 2. The summed E-state index contributed by atoms with van der Waals surface area (Å²) in [4.78, 5) is 18.8. The van der Waals surface area contributed by atoms with Crippen LogP contribution < -0.4 is 5.32 Å². The summed E-state index contributed by atoms with van der Waals surface area (Å²) in [5.41, 5.74) is 1.39. The molecule has 4 nitrogen and oxygen atoms in total. The van der Waals surface area contributed by atoms with Gasteiger partial charge < -0.3 is 10.2 Å². The van der Waals surface area contributed by atoms with Gasteiger partial charge in [0.2, 0.25) is 0 Å². The van der Waals surface area contributed by atoms with Gasteiger partial charge in [0.1, 0.15) is 10.7 Å². The number of aromatic nitrogens is 1. The van der Waals surface area contributed by atoms with Gasteiger partial charge >= 0.3 is 0 Å². The van der Waals surface area contributed by atoms with Gasteiger partial charge in [0.15, 0.2) is 0 Å². The fourth-order valence-electron chi connectivity index (χ4n) is 2.34. The maximum Gasteiger partial charge on any atom is 0.273 e. The van der Waals surface area contributed by atoms with Crippen LogP contribution in [0.4, 0.5) is 0 Å². The van der Waals surface area contributed by atoms with Crippen LogP contribution >= 0.6 is 22.9 Å². The van der Waals surface area contributed by atoms with Crippen molar-refractivity contribution in [1.29, 1.82) is 0 Å². The summed E-state index contributed by atoms with van der Waals surface area (Å²) in [7, 11) is 0. The number of carbonyl (C=O) groups excluding carboxylic acids is 1. The minimum atomic E-state index is 0.00764. The summed E-state index contributed by atoms with van der Waals surface area (Å²) >= 11 is 7.64. The Labute approximate surface area is 132 Å². The van der Waals surface area contributed by atoms with Crippen LogP contribution in [0.3, 0.4) is 0 Å². The van der Waals surface area contributed by atoms with E-state index in [4.69, 9.17) is 11.6 Å². The van der Waals surface area contributed by atoms with Crippen molar-refractivity contribution in [1.82, 2.24) is 15.2 Å². The van der Waals surface area contributed by atoms with E-state index in [9.17, 15) is 4.79 Å². The van der Waals surface area contributed by atoms with E-state index < -0.39 is 0 Å². The smallest absolute Gasteiger partial charge is 0.273 e. The number of amides is 1. The van der Waals surface area contributed by atoms with E-state index in [0.29, 0.717) is 10.7 Å². The lowest BCUT2D eigenvalue weighted by atomic mass is 10.2. The highest BCUT2D eigenvalue weighted by Gasteiger charge is 2.20. The summed E-state index contributed by atoms with van der Waals surface area (Å²) in [6.45, 7) is 3.32. The van der Waals surface area contributed by atoms with Crippen LogP contribution in [0.25, 0.3) is 10.6 Å². The van der Waals surface area contributed by atoms with Crippen molar-refractivity contribution in [3.8, 4) is 10.6 Å². The molecule has 1 aliphatic heterocycles. The third kappa shape index (κ3) is 3.26. The van der Waals surface area contributed by atoms with Crippen LogP contribution in [0.5, 0.6) is 0 Å². The molecule has 1 saturated heterocycles. The SMILES string of the molecule is O=C(c1csc(-c2ccccc2Cl)n1)N1CCCNCC1. The van der Waals surface area contributed by atoms with E-state index in [1.807, 2.05) is 34.5 Å². The first kappa shape index (κ1) is 14.5. The minimum Gasteiger partial charge on any atom is -0.336 e. The van der Waals surface area contributed by atoms with Crippen molar-refractivity contribution < 1.29 is 4.79 Å². The highest BCUT2D eigenvalue weighted by atomic mass is 35.5. The molecule has 0 radical (unpaired) electrons. The van der Waals surface area contributed by atoms with Crippen LogP contribution in [0.1, 0.15) is 16.9 Å². The van der Waals surface area contributed by atoms with E-state index in [1.165, 1.54) is 11.3 Å². The number of thiazole rings is 1. The molecule has 0 saturated carbocycles. The Morgan fingerprint density at radius 1 is 1.29 bits per heavy atom. The Bertz CT molecular complexity index is 635. The van der Waals surface area contributed by atoms with Crippen LogP contribution in [0, 0.1) is 0 Å². The largest absolute Gasteiger partial charge is 0.336 e. The van der Waals surface area contributed by atoms with Gasteiger partial charge in [0, 0.05) is 30.6 Å². The summed E-state index contributed by atoms with van der Waals surface area (Å²) in [5.74, 6) is 0.00764. The molecular weight excluding hydrogens is 306 g/mol. The molecule has 1 N–H and O–H groups in total. The van der Waals surface area contributed by atoms with Gasteiger partial charge in [-0.05, 0) is 19.0 Å². The highest BCUT2D eigenvalue weighted by molar-refractivity contribution is 7.13. The molecule has 2 heterocycles. The zero-order valence-electron chi connectivity index (χ0n) is 11.5. The summed E-state index contributed by atoms with van der Waals surface area (Å²) in [5, 5.41) is 6.56. The fraction of sp³-hybridized carbons (Fsp3) is 0.333. The Kier molecular flexibility index (Phi) is 4.53. The lowest BCUT2D eigenvalue weighted by Crippen LogP contribution is -2.34. The maximum atomic E-state index is 12.5. The number of halogens is 1. The second kappa shape index (κ2) is 6.56. The normalized spacial score (nSPS) is 15.8. The first-order chi connectivity index (χ1) is 10.3. The third-order valence-electron chi connectivity index (χ3n) is 3.45. The topological polar surface area (TPSA) is 45.2 Å². The number of hydrogen-bond donors (Lipinski definition) is 1. The molecule has 1 amide bonds. The van der Waals surface area contributed by atoms with Crippen LogP contribution in [0.15, 0.2) is 29.6 Å². The second-order valence-corrected chi connectivity index (χ2v) is 6.18. The minimum absolute atomic E-state index is 0.00764. The van der Waals surface area contributed by atoms with Gasteiger partial charge in [0.05, 0.1) is 5.02 Å². The van der Waals surface area contributed by atoms with Crippen LogP contribution in [-0.2, 0) is 0 Å². The van der Waals surface area contributed by atoms with Gasteiger partial charge in [-0.2, -0.15) is 0 Å². The number of benzene rings is 1. The van der Waals surface area contributed by atoms with Crippen molar-refractivity contribution >= 4 is 28.8 Å². The Morgan fingerprint density at radius 2 is 2.14 bits per heavy atom. The lowest BCUT2D eigenvalue weighted by Gasteiger charge is -2.18. The zero-order valence-corrected chi connectivity index (χ0v) is 13.1. The fourth-order valence-corrected chi connectivity index (χ4v) is 3.46. The Hall–Kier alpha value is -1.43. The molecule has 110 valence electrons. The Balaban J connectivity index is 1.81. The monoisotopic (exact) mass is 321 g/mol. The molecular formula is C15H16ClN3OS. The molecule has 1 fully saturated rings. The standard InChI is InChI=1S/C15H16ClN3OS/c16-12-5-2-1-4-11(12)14-18-13(10-21-14)15(20)19-8-3-6-17-7-9-19/h1-2,4-5,10,17H,3,6-9H2. The van der Waals surface area contributed by atoms with Crippen molar-refractivity contribution in [2.45, 2.75) is 6.42 Å². The highest BCUT2D eigenvalue weighted by Crippen LogP contribution is 2.30. The summed E-state index contributed by atoms with van der Waals surface area (Å²) in [6.07, 6.45) is 0.979. The first-order valence-corrected chi connectivity index (χ1v) is 8.22. The first-order valence-electron chi connectivity index (χ1n) is 6.96. The average molecular weight is 322 g/mol. The lowest BCUT2D eigenvalue weighted by molar-refractivity contribution is 0.0761. The molecule has 0 bridgehead atoms. The number of nitrogens with one attached hydrogen (secondary N) is 1. The molecule has 21 heavy (non-hydrogen) atoms. The Morgan fingerprint density at radius 3 is 3.00 bits per heavy atom. The zero-order chi connectivity index (χ0) is 14.7. The molecule has 2 aromatic rings. The van der Waals surface area contributed by atoms with Crippen LogP contribution in [0.2, 0.25) is 5.02 Å². The van der Waals surface area contributed by atoms with Crippen molar-refractivity contribution in [2.75, 3.05) is 26.2 Å². The van der Waals surface area contributed by atoms with Crippen molar-refractivity contribution in [3.05, 3.63) is 40.4 Å². The summed E-state index contributed by atoms with van der Waals surface area (Å²) in [6, 6.07) is 7.56. The van der Waals surface area contributed by atoms with Gasteiger partial charge in [0.25, 0.3) is 5.91 Å². The molecule has 0 spiro atoms. The summed E-state index contributed by atoms with van der Waals surface area (Å²) < 4.78 is 0. The predicted octanol–water partition coefficient (Wildman–Crippen LogP) is 2.90. The maximum absolute atomic E-state index is 12.5.